The van der Waals surface area contributed by atoms with Gasteiger partial charge in [-0.1, -0.05) is 12.5 Å². The first-order valence-electron chi connectivity index (χ1n) is 11.2. The van der Waals surface area contributed by atoms with E-state index in [9.17, 15) is 0 Å². The van der Waals surface area contributed by atoms with E-state index in [4.69, 9.17) is 21.4 Å². The monoisotopic (exact) mass is 436 g/mol. The van der Waals surface area contributed by atoms with Crippen LogP contribution in [-0.2, 0) is 4.74 Å². The Balaban J connectivity index is 1.42. The van der Waals surface area contributed by atoms with Gasteiger partial charge in [-0.2, -0.15) is 10.1 Å². The first-order chi connectivity index (χ1) is 15.2. The molecule has 8 heteroatoms. The second kappa shape index (κ2) is 7.57. The van der Waals surface area contributed by atoms with Crippen molar-refractivity contribution in [2.24, 2.45) is 5.92 Å². The first kappa shape index (κ1) is 19.2. The van der Waals surface area contributed by atoms with E-state index in [0.29, 0.717) is 6.04 Å². The number of ether oxygens (including phenoxy) is 1. The van der Waals surface area contributed by atoms with Gasteiger partial charge in [0, 0.05) is 17.6 Å². The summed E-state index contributed by atoms with van der Waals surface area (Å²) in [6.07, 6.45) is 10.8. The van der Waals surface area contributed by atoms with E-state index >= 15 is 0 Å². The van der Waals surface area contributed by atoms with Gasteiger partial charge in [0.05, 0.1) is 24.1 Å². The third kappa shape index (κ3) is 3.22. The predicted molar refractivity (Wildman–Crippen MR) is 120 cm³/mol. The molecule has 7 nitrogen and oxygen atoms in total. The van der Waals surface area contributed by atoms with Gasteiger partial charge in [-0.25, -0.2) is 9.97 Å². The van der Waals surface area contributed by atoms with Gasteiger partial charge in [0.2, 0.25) is 5.28 Å². The molecular formula is C23H25ClN6O. The molecule has 1 saturated heterocycles. The number of hydrogen-bond acceptors (Lipinski definition) is 5. The van der Waals surface area contributed by atoms with Crippen LogP contribution in [0.1, 0.15) is 57.7 Å². The van der Waals surface area contributed by atoms with E-state index in [1.165, 1.54) is 19.3 Å². The van der Waals surface area contributed by atoms with Crippen LogP contribution in [0.5, 0.6) is 0 Å². The molecular weight excluding hydrogens is 412 g/mol. The molecule has 1 aromatic carbocycles. The molecule has 2 atom stereocenters. The molecule has 0 radical (unpaired) electrons. The standard InChI is InChI=1S/C23H25ClN6O/c1-14(15-5-4-6-15)30-18-9-8-16(11-17(18)12-26-30)20-21-22(28-23(24)27-20)29(13-25-21)19-7-2-3-10-31-19/h8-9,11-15,19H,2-7,10H2,1H3/t14-,19?/m0/s1. The molecule has 3 aromatic heterocycles. The Kier molecular flexibility index (Phi) is 4.69. The molecule has 160 valence electrons. The van der Waals surface area contributed by atoms with Crippen LogP contribution in [0.15, 0.2) is 30.7 Å². The Bertz CT molecular complexity index is 1250. The number of benzene rings is 1. The van der Waals surface area contributed by atoms with Crippen LogP contribution < -0.4 is 0 Å². The second-order valence-corrected chi connectivity index (χ2v) is 9.12. The Hall–Kier alpha value is -2.51. The van der Waals surface area contributed by atoms with Gasteiger partial charge in [-0.05, 0) is 68.7 Å². The smallest absolute Gasteiger partial charge is 0.225 e. The van der Waals surface area contributed by atoms with Crippen molar-refractivity contribution in [3.8, 4) is 11.3 Å². The van der Waals surface area contributed by atoms with Crippen molar-refractivity contribution in [2.45, 2.75) is 57.7 Å². The van der Waals surface area contributed by atoms with E-state index < -0.39 is 0 Å². The summed E-state index contributed by atoms with van der Waals surface area (Å²) < 4.78 is 10.1. The topological polar surface area (TPSA) is 70.7 Å². The molecule has 4 aromatic rings. The summed E-state index contributed by atoms with van der Waals surface area (Å²) in [7, 11) is 0. The Morgan fingerprint density at radius 1 is 1.13 bits per heavy atom. The fourth-order valence-corrected chi connectivity index (χ4v) is 5.06. The lowest BCUT2D eigenvalue weighted by molar-refractivity contribution is -0.0298. The van der Waals surface area contributed by atoms with Crippen molar-refractivity contribution in [2.75, 3.05) is 6.61 Å². The zero-order valence-corrected chi connectivity index (χ0v) is 18.3. The normalized spacial score (nSPS) is 20.9. The summed E-state index contributed by atoms with van der Waals surface area (Å²) in [5.41, 5.74) is 4.32. The molecule has 2 fully saturated rings. The van der Waals surface area contributed by atoms with Crippen LogP contribution in [0.3, 0.4) is 0 Å². The molecule has 1 saturated carbocycles. The van der Waals surface area contributed by atoms with Crippen molar-refractivity contribution in [1.82, 2.24) is 29.3 Å². The van der Waals surface area contributed by atoms with E-state index in [1.807, 2.05) is 10.8 Å². The zero-order valence-electron chi connectivity index (χ0n) is 17.5. The summed E-state index contributed by atoms with van der Waals surface area (Å²) in [6.45, 7) is 3.04. The summed E-state index contributed by atoms with van der Waals surface area (Å²) >= 11 is 6.34. The number of hydrogen-bond donors (Lipinski definition) is 0. The van der Waals surface area contributed by atoms with Gasteiger partial charge in [-0.15, -0.1) is 0 Å². The van der Waals surface area contributed by atoms with Gasteiger partial charge in [0.25, 0.3) is 0 Å². The maximum atomic E-state index is 6.34. The van der Waals surface area contributed by atoms with Gasteiger partial charge in [0.15, 0.2) is 5.65 Å². The quantitative estimate of drug-likeness (QED) is 0.392. The van der Waals surface area contributed by atoms with Crippen molar-refractivity contribution < 1.29 is 4.74 Å². The van der Waals surface area contributed by atoms with Crippen LogP contribution in [0.2, 0.25) is 5.28 Å². The minimum atomic E-state index is -0.0497. The van der Waals surface area contributed by atoms with Crippen LogP contribution in [0.25, 0.3) is 33.3 Å². The largest absolute Gasteiger partial charge is 0.358 e. The van der Waals surface area contributed by atoms with Gasteiger partial charge < -0.3 is 4.74 Å². The van der Waals surface area contributed by atoms with Crippen LogP contribution >= 0.6 is 11.6 Å². The first-order valence-corrected chi connectivity index (χ1v) is 11.6. The van der Waals surface area contributed by atoms with E-state index in [0.717, 1.165) is 65.1 Å². The Labute approximate surface area is 185 Å². The van der Waals surface area contributed by atoms with E-state index in [1.54, 1.807) is 6.33 Å². The van der Waals surface area contributed by atoms with Crippen LogP contribution in [0, 0.1) is 5.92 Å². The average Bonchev–Trinajstić information content (AvgIpc) is 3.36. The van der Waals surface area contributed by atoms with Crippen LogP contribution in [0.4, 0.5) is 0 Å². The lowest BCUT2D eigenvalue weighted by atomic mass is 9.80. The number of halogens is 1. The van der Waals surface area contributed by atoms with Crippen molar-refractivity contribution >= 4 is 33.7 Å². The lowest BCUT2D eigenvalue weighted by Gasteiger charge is -2.31. The molecule has 31 heavy (non-hydrogen) atoms. The molecule has 0 bridgehead atoms. The molecule has 6 rings (SSSR count). The van der Waals surface area contributed by atoms with Crippen LogP contribution in [-0.4, -0.2) is 35.9 Å². The maximum absolute atomic E-state index is 6.34. The summed E-state index contributed by atoms with van der Waals surface area (Å²) in [6, 6.07) is 6.77. The lowest BCUT2D eigenvalue weighted by Crippen LogP contribution is -2.23. The SMILES string of the molecule is C[C@@H](C1CCC1)n1ncc2cc(-c3nc(Cl)nc4c3ncn4C3CCCCO3)ccc21. The summed E-state index contributed by atoms with van der Waals surface area (Å²) in [5.74, 6) is 0.731. The number of rotatable bonds is 4. The summed E-state index contributed by atoms with van der Waals surface area (Å²) in [5, 5.41) is 6.02. The highest BCUT2D eigenvalue weighted by Gasteiger charge is 2.27. The third-order valence-electron chi connectivity index (χ3n) is 6.95. The molecule has 1 aliphatic heterocycles. The molecule has 1 unspecified atom stereocenters. The molecule has 0 spiro atoms. The molecule has 4 heterocycles. The number of fused-ring (bicyclic) bond motifs is 2. The molecule has 0 N–H and O–H groups in total. The molecule has 2 aliphatic rings. The zero-order chi connectivity index (χ0) is 20.9. The number of aromatic nitrogens is 6. The Morgan fingerprint density at radius 2 is 2.03 bits per heavy atom. The Morgan fingerprint density at radius 3 is 2.81 bits per heavy atom. The maximum Gasteiger partial charge on any atom is 0.225 e. The highest BCUT2D eigenvalue weighted by Crippen LogP contribution is 2.38. The molecule has 0 amide bonds. The molecule has 1 aliphatic carbocycles. The third-order valence-corrected chi connectivity index (χ3v) is 7.12. The summed E-state index contributed by atoms with van der Waals surface area (Å²) in [4.78, 5) is 13.7. The highest BCUT2D eigenvalue weighted by atomic mass is 35.5. The minimum absolute atomic E-state index is 0.0497. The van der Waals surface area contributed by atoms with E-state index in [-0.39, 0.29) is 11.5 Å². The van der Waals surface area contributed by atoms with Crippen molar-refractivity contribution in [1.29, 1.82) is 0 Å². The highest BCUT2D eigenvalue weighted by molar-refractivity contribution is 6.28. The fourth-order valence-electron chi connectivity index (χ4n) is 4.89. The minimum Gasteiger partial charge on any atom is -0.358 e. The van der Waals surface area contributed by atoms with Crippen molar-refractivity contribution in [3.63, 3.8) is 0 Å². The van der Waals surface area contributed by atoms with E-state index in [2.05, 4.69) is 44.8 Å². The van der Waals surface area contributed by atoms with Gasteiger partial charge >= 0.3 is 0 Å². The predicted octanol–water partition coefficient (Wildman–Crippen LogP) is 5.56. The van der Waals surface area contributed by atoms with Gasteiger partial charge in [0.1, 0.15) is 17.4 Å². The average molecular weight is 437 g/mol. The number of nitrogens with zero attached hydrogens (tertiary/aromatic N) is 6. The number of imidazole rings is 1. The van der Waals surface area contributed by atoms with Gasteiger partial charge in [-0.3, -0.25) is 9.25 Å². The van der Waals surface area contributed by atoms with Crippen molar-refractivity contribution in [3.05, 3.63) is 36.0 Å². The fraction of sp³-hybridized carbons (Fsp3) is 0.478. The second-order valence-electron chi connectivity index (χ2n) is 8.78.